The lowest BCUT2D eigenvalue weighted by atomic mass is 9.92. The summed E-state index contributed by atoms with van der Waals surface area (Å²) in [5, 5.41) is 0. The smallest absolute Gasteiger partial charge is 0.121 e. The molecule has 92 valence electrons. The van der Waals surface area contributed by atoms with E-state index in [2.05, 4.69) is 58.7 Å². The van der Waals surface area contributed by atoms with Crippen molar-refractivity contribution in [2.75, 3.05) is 6.61 Å². The van der Waals surface area contributed by atoms with Gasteiger partial charge in [-0.25, -0.2) is 0 Å². The molecule has 2 atom stereocenters. The van der Waals surface area contributed by atoms with Gasteiger partial charge in [0.1, 0.15) is 5.60 Å². The summed E-state index contributed by atoms with van der Waals surface area (Å²) in [4.78, 5) is 0. The van der Waals surface area contributed by atoms with Crippen LogP contribution in [0.25, 0.3) is 0 Å². The maximum absolute atomic E-state index is 5.82. The van der Waals surface area contributed by atoms with Crippen LogP contribution in [-0.4, -0.2) is 6.61 Å². The van der Waals surface area contributed by atoms with Gasteiger partial charge in [0.15, 0.2) is 0 Å². The van der Waals surface area contributed by atoms with E-state index in [4.69, 9.17) is 4.74 Å². The summed E-state index contributed by atoms with van der Waals surface area (Å²) in [6, 6.07) is 2.27. The summed E-state index contributed by atoms with van der Waals surface area (Å²) in [6.07, 6.45) is 1.12. The molecule has 1 aliphatic carbocycles. The lowest BCUT2D eigenvalue weighted by molar-refractivity contribution is 0.248. The first-order chi connectivity index (χ1) is 7.97. The van der Waals surface area contributed by atoms with Crippen LogP contribution >= 0.6 is 31.9 Å². The van der Waals surface area contributed by atoms with Gasteiger partial charge in [0.2, 0.25) is 0 Å². The molecule has 2 aliphatic rings. The molecule has 0 aromatic heterocycles. The predicted octanol–water partition coefficient (Wildman–Crippen LogP) is 4.75. The molecule has 0 bridgehead atoms. The van der Waals surface area contributed by atoms with Crippen molar-refractivity contribution in [2.45, 2.75) is 38.7 Å². The summed E-state index contributed by atoms with van der Waals surface area (Å²) in [5.41, 5.74) is 4.23. The number of benzene rings is 1. The molecule has 1 heterocycles. The quantitative estimate of drug-likeness (QED) is 0.659. The van der Waals surface area contributed by atoms with E-state index in [1.165, 1.54) is 25.6 Å². The predicted molar refractivity (Wildman–Crippen MR) is 76.4 cm³/mol. The minimum Gasteiger partial charge on any atom is -0.364 e. The lowest BCUT2D eigenvalue weighted by Crippen LogP contribution is -2.14. The van der Waals surface area contributed by atoms with E-state index < -0.39 is 0 Å². The molecule has 1 fully saturated rings. The van der Waals surface area contributed by atoms with Crippen LogP contribution in [0.4, 0.5) is 0 Å². The number of hydrogen-bond acceptors (Lipinski definition) is 1. The van der Waals surface area contributed by atoms with Gasteiger partial charge in [0.25, 0.3) is 0 Å². The zero-order valence-electron chi connectivity index (χ0n) is 10.3. The second-order valence-corrected chi connectivity index (χ2v) is 7.20. The summed E-state index contributed by atoms with van der Waals surface area (Å²) < 4.78 is 8.34. The summed E-state index contributed by atoms with van der Waals surface area (Å²) in [5.74, 6) is 1.12. The van der Waals surface area contributed by atoms with Gasteiger partial charge in [-0.1, -0.05) is 52.6 Å². The molecular formula is C14H16Br2O. The number of halogens is 2. The van der Waals surface area contributed by atoms with Crippen molar-refractivity contribution in [1.29, 1.82) is 0 Å². The van der Waals surface area contributed by atoms with Crippen molar-refractivity contribution in [3.8, 4) is 0 Å². The SMILES string of the molecule is CC(C)c1cc(Br)c2c(c1Br)C1(CO1)C(C)C2. The normalized spacial score (nSPS) is 30.1. The number of ether oxygens (including phenoxy) is 1. The monoisotopic (exact) mass is 358 g/mol. The van der Waals surface area contributed by atoms with E-state index in [9.17, 15) is 0 Å². The van der Waals surface area contributed by atoms with Gasteiger partial charge < -0.3 is 4.74 Å². The molecule has 1 aromatic carbocycles. The Labute approximate surface area is 119 Å². The Morgan fingerprint density at radius 3 is 2.59 bits per heavy atom. The van der Waals surface area contributed by atoms with E-state index in [1.807, 2.05) is 0 Å². The van der Waals surface area contributed by atoms with Crippen LogP contribution in [0.2, 0.25) is 0 Å². The van der Waals surface area contributed by atoms with Gasteiger partial charge in [-0.05, 0) is 35.4 Å². The Hall–Kier alpha value is 0.140. The van der Waals surface area contributed by atoms with Gasteiger partial charge in [-0.3, -0.25) is 0 Å². The number of fused-ring (bicyclic) bond motifs is 2. The molecule has 1 nitrogen and oxygen atoms in total. The minimum absolute atomic E-state index is 0.0155. The number of rotatable bonds is 1. The second kappa shape index (κ2) is 3.82. The van der Waals surface area contributed by atoms with E-state index >= 15 is 0 Å². The molecule has 1 aromatic rings. The average molecular weight is 360 g/mol. The fourth-order valence-electron chi connectivity index (χ4n) is 2.97. The molecular weight excluding hydrogens is 344 g/mol. The van der Waals surface area contributed by atoms with E-state index in [0.29, 0.717) is 11.8 Å². The largest absolute Gasteiger partial charge is 0.364 e. The molecule has 0 saturated carbocycles. The second-order valence-electron chi connectivity index (χ2n) is 5.55. The van der Waals surface area contributed by atoms with Gasteiger partial charge >= 0.3 is 0 Å². The fraction of sp³-hybridized carbons (Fsp3) is 0.571. The first-order valence-electron chi connectivity index (χ1n) is 6.12. The topological polar surface area (TPSA) is 12.5 Å². The zero-order valence-corrected chi connectivity index (χ0v) is 13.5. The third kappa shape index (κ3) is 1.58. The molecule has 0 radical (unpaired) electrons. The van der Waals surface area contributed by atoms with Crippen molar-refractivity contribution in [2.24, 2.45) is 5.92 Å². The van der Waals surface area contributed by atoms with Crippen LogP contribution in [0, 0.1) is 5.92 Å². The van der Waals surface area contributed by atoms with Crippen LogP contribution < -0.4 is 0 Å². The van der Waals surface area contributed by atoms with Crippen molar-refractivity contribution in [3.63, 3.8) is 0 Å². The summed E-state index contributed by atoms with van der Waals surface area (Å²) in [6.45, 7) is 7.64. The van der Waals surface area contributed by atoms with Crippen LogP contribution in [0.15, 0.2) is 15.0 Å². The van der Waals surface area contributed by atoms with Crippen molar-refractivity contribution >= 4 is 31.9 Å². The fourth-order valence-corrected chi connectivity index (χ4v) is 4.72. The standard InChI is InChI=1S/C14H16Br2O/c1-7(2)9-5-11(15)10-4-8(3)14(6-17-14)12(10)13(9)16/h5,7-8H,4,6H2,1-3H3. The molecule has 0 amide bonds. The van der Waals surface area contributed by atoms with Crippen molar-refractivity contribution < 1.29 is 4.74 Å². The Bertz CT molecular complexity index is 489. The maximum Gasteiger partial charge on any atom is 0.121 e. The van der Waals surface area contributed by atoms with Gasteiger partial charge in [-0.15, -0.1) is 0 Å². The Kier molecular flexibility index (Phi) is 2.74. The van der Waals surface area contributed by atoms with Crippen molar-refractivity contribution in [1.82, 2.24) is 0 Å². The third-order valence-electron chi connectivity index (χ3n) is 4.15. The van der Waals surface area contributed by atoms with Crippen LogP contribution in [0.1, 0.15) is 43.4 Å². The highest BCUT2D eigenvalue weighted by atomic mass is 79.9. The average Bonchev–Trinajstić information content (AvgIpc) is 2.97. The molecule has 17 heavy (non-hydrogen) atoms. The molecule has 3 heteroatoms. The van der Waals surface area contributed by atoms with E-state index in [0.717, 1.165) is 13.0 Å². The summed E-state index contributed by atoms with van der Waals surface area (Å²) >= 11 is 7.54. The first kappa shape index (κ1) is 12.2. The minimum atomic E-state index is 0.0155. The molecule has 1 saturated heterocycles. The van der Waals surface area contributed by atoms with Crippen LogP contribution in [0.5, 0.6) is 0 Å². The highest BCUT2D eigenvalue weighted by Gasteiger charge is 2.57. The van der Waals surface area contributed by atoms with Crippen LogP contribution in [-0.2, 0) is 16.8 Å². The molecule has 1 aliphatic heterocycles. The molecule has 1 spiro atoms. The van der Waals surface area contributed by atoms with Gasteiger partial charge in [-0.2, -0.15) is 0 Å². The maximum atomic E-state index is 5.82. The number of epoxide rings is 1. The Morgan fingerprint density at radius 2 is 2.06 bits per heavy atom. The molecule has 3 rings (SSSR count). The van der Waals surface area contributed by atoms with Gasteiger partial charge in [0.05, 0.1) is 6.61 Å². The van der Waals surface area contributed by atoms with Crippen LogP contribution in [0.3, 0.4) is 0 Å². The zero-order chi connectivity index (χ0) is 12.4. The van der Waals surface area contributed by atoms with Gasteiger partial charge in [0, 0.05) is 14.5 Å². The third-order valence-corrected chi connectivity index (χ3v) is 5.71. The van der Waals surface area contributed by atoms with E-state index in [-0.39, 0.29) is 5.60 Å². The number of hydrogen-bond donors (Lipinski definition) is 0. The highest BCUT2D eigenvalue weighted by molar-refractivity contribution is 9.11. The van der Waals surface area contributed by atoms with Crippen molar-refractivity contribution in [3.05, 3.63) is 31.7 Å². The first-order valence-corrected chi connectivity index (χ1v) is 7.71. The summed E-state index contributed by atoms with van der Waals surface area (Å²) in [7, 11) is 0. The van der Waals surface area contributed by atoms with E-state index in [1.54, 1.807) is 0 Å². The molecule has 0 N–H and O–H groups in total. The molecule has 2 unspecified atom stereocenters. The Morgan fingerprint density at radius 1 is 1.41 bits per heavy atom. The lowest BCUT2D eigenvalue weighted by Gasteiger charge is -2.17. The Balaban J connectivity index is 2.26. The highest BCUT2D eigenvalue weighted by Crippen LogP contribution is 2.57.